The van der Waals surface area contributed by atoms with Crippen LogP contribution in [-0.2, 0) is 0 Å². The number of phenolic OH excluding ortho intramolecular Hbond substituents is 1. The minimum absolute atomic E-state index is 0.0570. The molecule has 82 valence electrons. The molecule has 1 aromatic carbocycles. The Bertz CT molecular complexity index is 372. The second-order valence-corrected chi connectivity index (χ2v) is 3.96. The zero-order valence-electron chi connectivity index (χ0n) is 9.61. The monoisotopic (exact) mass is 207 g/mol. The van der Waals surface area contributed by atoms with Crippen LogP contribution in [0.5, 0.6) is 5.75 Å². The number of carbonyl (C=O) groups excluding carboxylic acids is 1. The Kier molecular flexibility index (Phi) is 3.35. The van der Waals surface area contributed by atoms with Gasteiger partial charge in [0.25, 0.3) is 5.91 Å². The maximum Gasteiger partial charge on any atom is 0.254 e. The van der Waals surface area contributed by atoms with Crippen molar-refractivity contribution in [1.82, 2.24) is 4.90 Å². The topological polar surface area (TPSA) is 40.5 Å². The summed E-state index contributed by atoms with van der Waals surface area (Å²) in [5.41, 5.74) is 1.20. The van der Waals surface area contributed by atoms with E-state index in [1.807, 2.05) is 13.8 Å². The molecule has 0 radical (unpaired) electrons. The van der Waals surface area contributed by atoms with E-state index in [2.05, 4.69) is 0 Å². The van der Waals surface area contributed by atoms with Crippen LogP contribution in [0.2, 0.25) is 0 Å². The van der Waals surface area contributed by atoms with Crippen molar-refractivity contribution in [3.8, 4) is 5.75 Å². The van der Waals surface area contributed by atoms with Gasteiger partial charge in [0.15, 0.2) is 0 Å². The van der Waals surface area contributed by atoms with Crippen molar-refractivity contribution in [3.05, 3.63) is 29.3 Å². The van der Waals surface area contributed by atoms with Crippen LogP contribution in [0.1, 0.15) is 29.8 Å². The molecule has 0 spiro atoms. The van der Waals surface area contributed by atoms with Crippen LogP contribution >= 0.6 is 0 Å². The van der Waals surface area contributed by atoms with Crippen LogP contribution in [0, 0.1) is 6.92 Å². The molecular formula is C12H17NO2. The number of amides is 1. The van der Waals surface area contributed by atoms with Crippen molar-refractivity contribution in [2.24, 2.45) is 0 Å². The Labute approximate surface area is 90.3 Å². The molecule has 0 fully saturated rings. The Hall–Kier alpha value is -1.51. The first-order valence-electron chi connectivity index (χ1n) is 5.01. The Morgan fingerprint density at radius 2 is 2.00 bits per heavy atom. The molecule has 0 aliphatic rings. The Morgan fingerprint density at radius 3 is 2.53 bits per heavy atom. The zero-order chi connectivity index (χ0) is 11.6. The summed E-state index contributed by atoms with van der Waals surface area (Å²) in [6, 6.07) is 5.15. The molecule has 0 aromatic heterocycles. The van der Waals surface area contributed by atoms with Crippen molar-refractivity contribution in [1.29, 1.82) is 0 Å². The fourth-order valence-corrected chi connectivity index (χ4v) is 1.28. The molecular weight excluding hydrogens is 190 g/mol. The number of carbonyl (C=O) groups is 1. The molecule has 3 heteroatoms. The van der Waals surface area contributed by atoms with E-state index in [0.29, 0.717) is 11.1 Å². The number of aromatic hydroxyl groups is 1. The summed E-state index contributed by atoms with van der Waals surface area (Å²) < 4.78 is 0. The van der Waals surface area contributed by atoms with Crippen LogP contribution in [-0.4, -0.2) is 29.0 Å². The third-order valence-electron chi connectivity index (χ3n) is 2.63. The number of nitrogens with zero attached hydrogens (tertiary/aromatic N) is 1. The standard InChI is InChI=1S/C12H17NO2/c1-8(2)13(4)12(15)10-6-5-7-11(14)9(10)3/h5-8,14H,1-4H3. The van der Waals surface area contributed by atoms with Gasteiger partial charge in [-0.15, -0.1) is 0 Å². The molecule has 1 aromatic rings. The highest BCUT2D eigenvalue weighted by atomic mass is 16.3. The fraction of sp³-hybridized carbons (Fsp3) is 0.417. The summed E-state index contributed by atoms with van der Waals surface area (Å²) >= 11 is 0. The molecule has 0 unspecified atom stereocenters. The average Bonchev–Trinajstić information content (AvgIpc) is 2.20. The normalized spacial score (nSPS) is 10.5. The van der Waals surface area contributed by atoms with E-state index in [9.17, 15) is 9.90 Å². The highest BCUT2D eigenvalue weighted by Gasteiger charge is 2.17. The Balaban J connectivity index is 3.07. The van der Waals surface area contributed by atoms with Crippen molar-refractivity contribution < 1.29 is 9.90 Å². The van der Waals surface area contributed by atoms with Gasteiger partial charge in [-0.05, 0) is 32.9 Å². The number of hydrogen-bond acceptors (Lipinski definition) is 2. The van der Waals surface area contributed by atoms with E-state index in [4.69, 9.17) is 0 Å². The van der Waals surface area contributed by atoms with Crippen LogP contribution in [0.25, 0.3) is 0 Å². The SMILES string of the molecule is Cc1c(O)cccc1C(=O)N(C)C(C)C. The first-order valence-corrected chi connectivity index (χ1v) is 5.01. The van der Waals surface area contributed by atoms with Gasteiger partial charge in [-0.25, -0.2) is 0 Å². The lowest BCUT2D eigenvalue weighted by Gasteiger charge is -2.22. The van der Waals surface area contributed by atoms with E-state index in [-0.39, 0.29) is 17.7 Å². The van der Waals surface area contributed by atoms with Gasteiger partial charge in [-0.1, -0.05) is 6.07 Å². The predicted octanol–water partition coefficient (Wildman–Crippen LogP) is 2.18. The van der Waals surface area contributed by atoms with E-state index in [1.54, 1.807) is 37.1 Å². The van der Waals surface area contributed by atoms with Crippen molar-refractivity contribution >= 4 is 5.91 Å². The van der Waals surface area contributed by atoms with E-state index in [0.717, 1.165) is 0 Å². The molecule has 0 saturated heterocycles. The highest BCUT2D eigenvalue weighted by molar-refractivity contribution is 5.96. The second-order valence-electron chi connectivity index (χ2n) is 3.96. The van der Waals surface area contributed by atoms with Gasteiger partial charge in [-0.3, -0.25) is 4.79 Å². The minimum atomic E-state index is -0.0570. The first kappa shape index (κ1) is 11.6. The lowest BCUT2D eigenvalue weighted by molar-refractivity contribution is 0.0753. The molecule has 1 rings (SSSR count). The van der Waals surface area contributed by atoms with Gasteiger partial charge in [0.1, 0.15) is 5.75 Å². The van der Waals surface area contributed by atoms with Crippen LogP contribution in [0.4, 0.5) is 0 Å². The minimum Gasteiger partial charge on any atom is -0.508 e. The molecule has 0 heterocycles. The summed E-state index contributed by atoms with van der Waals surface area (Å²) in [6.07, 6.45) is 0. The van der Waals surface area contributed by atoms with E-state index in [1.165, 1.54) is 0 Å². The molecule has 0 atom stereocenters. The van der Waals surface area contributed by atoms with Gasteiger partial charge in [-0.2, -0.15) is 0 Å². The van der Waals surface area contributed by atoms with Gasteiger partial charge >= 0.3 is 0 Å². The molecule has 0 aliphatic carbocycles. The van der Waals surface area contributed by atoms with Gasteiger partial charge < -0.3 is 10.0 Å². The maximum atomic E-state index is 12.0. The average molecular weight is 207 g/mol. The lowest BCUT2D eigenvalue weighted by Crippen LogP contribution is -2.33. The quantitative estimate of drug-likeness (QED) is 0.807. The largest absolute Gasteiger partial charge is 0.508 e. The van der Waals surface area contributed by atoms with Crippen molar-refractivity contribution in [2.45, 2.75) is 26.8 Å². The summed E-state index contributed by atoms with van der Waals surface area (Å²) in [7, 11) is 1.76. The number of hydrogen-bond donors (Lipinski definition) is 1. The molecule has 0 bridgehead atoms. The van der Waals surface area contributed by atoms with Crippen LogP contribution in [0.3, 0.4) is 0 Å². The summed E-state index contributed by atoms with van der Waals surface area (Å²) in [6.45, 7) is 5.66. The number of benzene rings is 1. The zero-order valence-corrected chi connectivity index (χ0v) is 9.61. The second kappa shape index (κ2) is 4.34. The van der Waals surface area contributed by atoms with Gasteiger partial charge in [0, 0.05) is 24.2 Å². The molecule has 1 N–H and O–H groups in total. The predicted molar refractivity (Wildman–Crippen MR) is 60.1 cm³/mol. The Morgan fingerprint density at radius 1 is 1.40 bits per heavy atom. The smallest absolute Gasteiger partial charge is 0.254 e. The van der Waals surface area contributed by atoms with E-state index >= 15 is 0 Å². The van der Waals surface area contributed by atoms with Crippen molar-refractivity contribution in [2.75, 3.05) is 7.05 Å². The first-order chi connectivity index (χ1) is 6.95. The van der Waals surface area contributed by atoms with Crippen molar-refractivity contribution in [3.63, 3.8) is 0 Å². The molecule has 0 aliphatic heterocycles. The molecule has 3 nitrogen and oxygen atoms in total. The maximum absolute atomic E-state index is 12.0. The molecule has 1 amide bonds. The fourth-order valence-electron chi connectivity index (χ4n) is 1.28. The highest BCUT2D eigenvalue weighted by Crippen LogP contribution is 2.20. The third-order valence-corrected chi connectivity index (χ3v) is 2.63. The number of rotatable bonds is 2. The summed E-state index contributed by atoms with van der Waals surface area (Å²) in [5.74, 6) is 0.108. The summed E-state index contributed by atoms with van der Waals surface area (Å²) in [4.78, 5) is 13.6. The van der Waals surface area contributed by atoms with Gasteiger partial charge in [0.2, 0.25) is 0 Å². The number of phenols is 1. The lowest BCUT2D eigenvalue weighted by atomic mass is 10.1. The molecule has 0 saturated carbocycles. The van der Waals surface area contributed by atoms with Gasteiger partial charge in [0.05, 0.1) is 0 Å². The summed E-state index contributed by atoms with van der Waals surface area (Å²) in [5, 5.41) is 9.50. The molecule has 15 heavy (non-hydrogen) atoms. The van der Waals surface area contributed by atoms with E-state index < -0.39 is 0 Å². The van der Waals surface area contributed by atoms with Crippen LogP contribution in [0.15, 0.2) is 18.2 Å². The third kappa shape index (κ3) is 2.29. The van der Waals surface area contributed by atoms with Crippen LogP contribution < -0.4 is 0 Å².